The molecule has 182 valence electrons. The van der Waals surface area contributed by atoms with Crippen molar-refractivity contribution in [3.63, 3.8) is 0 Å². The molecule has 0 unspecified atom stereocenters. The first-order valence-corrected chi connectivity index (χ1v) is 10.6. The lowest BCUT2D eigenvalue weighted by molar-refractivity contribution is -0.122. The van der Waals surface area contributed by atoms with E-state index in [-0.39, 0.29) is 23.4 Å². The topological polar surface area (TPSA) is 122 Å². The van der Waals surface area contributed by atoms with Gasteiger partial charge in [0.25, 0.3) is 11.8 Å². The molecule has 0 saturated carbocycles. The van der Waals surface area contributed by atoms with Crippen molar-refractivity contribution in [2.24, 2.45) is 0 Å². The van der Waals surface area contributed by atoms with Crippen LogP contribution in [0.15, 0.2) is 72.3 Å². The van der Waals surface area contributed by atoms with Gasteiger partial charge in [-0.15, -0.1) is 0 Å². The Kier molecular flexibility index (Phi) is 6.77. The number of aromatic carboxylic acids is 1. The van der Waals surface area contributed by atoms with Crippen molar-refractivity contribution in [3.05, 3.63) is 94.8 Å². The molecular weight excluding hydrogens is 471 g/mol. The van der Waals surface area contributed by atoms with Crippen molar-refractivity contribution in [2.75, 3.05) is 12.0 Å². The number of barbiturate groups is 1. The minimum absolute atomic E-state index is 0.0198. The van der Waals surface area contributed by atoms with E-state index in [4.69, 9.17) is 14.6 Å². The first-order valence-electron chi connectivity index (χ1n) is 10.6. The van der Waals surface area contributed by atoms with Crippen molar-refractivity contribution >= 4 is 35.6 Å². The van der Waals surface area contributed by atoms with Gasteiger partial charge in [-0.05, 0) is 59.7 Å². The van der Waals surface area contributed by atoms with E-state index in [0.717, 1.165) is 11.6 Å². The first kappa shape index (κ1) is 24.1. The van der Waals surface area contributed by atoms with E-state index >= 15 is 0 Å². The van der Waals surface area contributed by atoms with E-state index in [2.05, 4.69) is 5.32 Å². The summed E-state index contributed by atoms with van der Waals surface area (Å²) in [4.78, 5) is 49.3. The van der Waals surface area contributed by atoms with Gasteiger partial charge >= 0.3 is 12.0 Å². The van der Waals surface area contributed by atoms with Crippen LogP contribution in [0.3, 0.4) is 0 Å². The Labute approximate surface area is 204 Å². The fourth-order valence-corrected chi connectivity index (χ4v) is 3.47. The molecule has 0 aromatic heterocycles. The highest BCUT2D eigenvalue weighted by molar-refractivity contribution is 6.39. The maximum Gasteiger partial charge on any atom is 0.335 e. The molecule has 0 aliphatic carbocycles. The van der Waals surface area contributed by atoms with Crippen LogP contribution in [0.1, 0.15) is 21.5 Å². The second-order valence-corrected chi connectivity index (χ2v) is 7.64. The molecule has 3 aromatic rings. The number of nitrogens with zero attached hydrogens (tertiary/aromatic N) is 1. The minimum atomic E-state index is -1.03. The highest BCUT2D eigenvalue weighted by atomic mass is 19.1. The molecule has 0 radical (unpaired) electrons. The first-order chi connectivity index (χ1) is 17.3. The summed E-state index contributed by atoms with van der Waals surface area (Å²) < 4.78 is 24.8. The zero-order valence-electron chi connectivity index (χ0n) is 18.9. The van der Waals surface area contributed by atoms with Gasteiger partial charge in [0.1, 0.15) is 18.0 Å². The van der Waals surface area contributed by atoms with Crippen LogP contribution >= 0.6 is 0 Å². The molecule has 1 saturated heterocycles. The molecule has 10 heteroatoms. The fourth-order valence-electron chi connectivity index (χ4n) is 3.47. The van der Waals surface area contributed by atoms with Gasteiger partial charge in [0, 0.05) is 0 Å². The smallest absolute Gasteiger partial charge is 0.335 e. The van der Waals surface area contributed by atoms with Crippen LogP contribution in [0.5, 0.6) is 11.5 Å². The Hall–Kier alpha value is -4.99. The second-order valence-electron chi connectivity index (χ2n) is 7.64. The number of benzene rings is 3. The molecule has 0 bridgehead atoms. The molecule has 9 nitrogen and oxygen atoms in total. The summed E-state index contributed by atoms with van der Waals surface area (Å²) in [6.07, 6.45) is 1.29. The lowest BCUT2D eigenvalue weighted by Crippen LogP contribution is -2.54. The van der Waals surface area contributed by atoms with Crippen molar-refractivity contribution in [3.8, 4) is 11.5 Å². The third-order valence-electron chi connectivity index (χ3n) is 5.26. The second kappa shape index (κ2) is 10.1. The molecule has 0 atom stereocenters. The molecule has 0 spiro atoms. The van der Waals surface area contributed by atoms with E-state index < -0.39 is 29.6 Å². The Balaban J connectivity index is 1.56. The summed E-state index contributed by atoms with van der Waals surface area (Å²) in [6.45, 7) is 0.141. The molecule has 1 aliphatic heterocycles. The minimum Gasteiger partial charge on any atom is -0.493 e. The number of ether oxygens (including phenoxy) is 2. The van der Waals surface area contributed by atoms with Crippen LogP contribution in [0.4, 0.5) is 14.9 Å². The number of hydrogen-bond acceptors (Lipinski definition) is 6. The van der Waals surface area contributed by atoms with Crippen LogP contribution in [-0.2, 0) is 16.2 Å². The van der Waals surface area contributed by atoms with Crippen LogP contribution in [0.2, 0.25) is 0 Å². The molecule has 2 N–H and O–H groups in total. The summed E-state index contributed by atoms with van der Waals surface area (Å²) in [5.41, 5.74) is 0.964. The van der Waals surface area contributed by atoms with E-state index in [9.17, 15) is 23.6 Å². The number of halogens is 1. The summed E-state index contributed by atoms with van der Waals surface area (Å²) in [7, 11) is 1.42. The standard InChI is InChI=1S/C26H19FN2O7/c1-35-22-12-16(7-10-21(22)36-14-15-5-8-17(9-6-15)25(32)33)11-20-23(30)28-26(34)29(24(20)31)19-4-2-3-18(27)13-19/h2-13H,14H2,1H3,(H,32,33)(H,28,30,34). The zero-order chi connectivity index (χ0) is 25.8. The third-order valence-corrected chi connectivity index (χ3v) is 5.26. The predicted molar refractivity (Wildman–Crippen MR) is 126 cm³/mol. The molecule has 1 fully saturated rings. The zero-order valence-corrected chi connectivity index (χ0v) is 18.9. The molecule has 4 amide bonds. The average Bonchev–Trinajstić information content (AvgIpc) is 2.85. The van der Waals surface area contributed by atoms with E-state index in [1.807, 2.05) is 0 Å². The maximum atomic E-state index is 13.6. The van der Waals surface area contributed by atoms with Crippen molar-refractivity contribution in [2.45, 2.75) is 6.61 Å². The Morgan fingerprint density at radius 2 is 1.78 bits per heavy atom. The normalized spacial score (nSPS) is 14.6. The quantitative estimate of drug-likeness (QED) is 0.382. The highest BCUT2D eigenvalue weighted by Crippen LogP contribution is 2.30. The SMILES string of the molecule is COc1cc(C=C2C(=O)NC(=O)N(c3cccc(F)c3)C2=O)ccc1OCc1ccc(C(=O)O)cc1. The number of anilines is 1. The number of methoxy groups -OCH3 is 1. The number of rotatable bonds is 7. The van der Waals surface area contributed by atoms with Crippen molar-refractivity contribution < 1.29 is 38.1 Å². The average molecular weight is 490 g/mol. The van der Waals surface area contributed by atoms with Crippen LogP contribution in [0, 0.1) is 5.82 Å². The number of imide groups is 2. The summed E-state index contributed by atoms with van der Waals surface area (Å²) in [6, 6.07) is 14.8. The van der Waals surface area contributed by atoms with Gasteiger partial charge in [-0.1, -0.05) is 24.3 Å². The number of carboxylic acid groups (broad SMARTS) is 1. The lowest BCUT2D eigenvalue weighted by atomic mass is 10.1. The Bertz CT molecular complexity index is 1400. The fraction of sp³-hybridized carbons (Fsp3) is 0.0769. The maximum absolute atomic E-state index is 13.6. The van der Waals surface area contributed by atoms with E-state index in [1.165, 1.54) is 43.5 Å². The molecular formula is C26H19FN2O7. The van der Waals surface area contributed by atoms with Crippen molar-refractivity contribution in [1.82, 2.24) is 5.32 Å². The molecule has 4 rings (SSSR count). The number of carbonyl (C=O) groups is 4. The van der Waals surface area contributed by atoms with Gasteiger partial charge < -0.3 is 14.6 Å². The number of urea groups is 1. The number of nitrogens with one attached hydrogen (secondary N) is 1. The number of amides is 4. The summed E-state index contributed by atoms with van der Waals surface area (Å²) in [5, 5.41) is 11.1. The Morgan fingerprint density at radius 3 is 2.44 bits per heavy atom. The largest absolute Gasteiger partial charge is 0.493 e. The molecule has 3 aromatic carbocycles. The van der Waals surface area contributed by atoms with Gasteiger partial charge in [-0.3, -0.25) is 14.9 Å². The number of carbonyl (C=O) groups excluding carboxylic acids is 3. The van der Waals surface area contributed by atoms with E-state index in [1.54, 1.807) is 30.3 Å². The van der Waals surface area contributed by atoms with E-state index in [0.29, 0.717) is 22.0 Å². The summed E-state index contributed by atoms with van der Waals surface area (Å²) >= 11 is 0. The van der Waals surface area contributed by atoms with Gasteiger partial charge in [0.05, 0.1) is 18.4 Å². The number of carboxylic acids is 1. The van der Waals surface area contributed by atoms with Crippen LogP contribution in [-0.4, -0.2) is 36.0 Å². The van der Waals surface area contributed by atoms with Gasteiger partial charge in [0.15, 0.2) is 11.5 Å². The van der Waals surface area contributed by atoms with Gasteiger partial charge in [-0.25, -0.2) is 18.9 Å². The Morgan fingerprint density at radius 1 is 1.03 bits per heavy atom. The lowest BCUT2D eigenvalue weighted by Gasteiger charge is -2.26. The molecule has 36 heavy (non-hydrogen) atoms. The van der Waals surface area contributed by atoms with Crippen molar-refractivity contribution in [1.29, 1.82) is 0 Å². The third kappa shape index (κ3) is 5.07. The number of hydrogen-bond donors (Lipinski definition) is 2. The van der Waals surface area contributed by atoms with Gasteiger partial charge in [0.2, 0.25) is 0 Å². The van der Waals surface area contributed by atoms with Crippen LogP contribution < -0.4 is 19.7 Å². The van der Waals surface area contributed by atoms with Gasteiger partial charge in [-0.2, -0.15) is 0 Å². The van der Waals surface area contributed by atoms with Crippen LogP contribution in [0.25, 0.3) is 6.08 Å². The monoisotopic (exact) mass is 490 g/mol. The highest BCUT2D eigenvalue weighted by Gasteiger charge is 2.37. The molecule has 1 heterocycles. The molecule has 1 aliphatic rings. The summed E-state index contributed by atoms with van der Waals surface area (Å²) in [5.74, 6) is -2.78. The predicted octanol–water partition coefficient (Wildman–Crippen LogP) is 3.78.